The SMILES string of the molecule is O=c1c2ccccc2nc2n(-c3ccccc3)c(CCl)nn12. The zero-order valence-corrected chi connectivity index (χ0v) is 12.2. The van der Waals surface area contributed by atoms with Crippen LogP contribution in [0.25, 0.3) is 22.4 Å². The molecule has 5 nitrogen and oxygen atoms in total. The molecule has 4 aromatic rings. The van der Waals surface area contributed by atoms with Crippen LogP contribution in [-0.2, 0) is 5.88 Å². The average molecular weight is 311 g/mol. The second-order valence-corrected chi connectivity index (χ2v) is 5.13. The van der Waals surface area contributed by atoms with Crippen LogP contribution in [0.1, 0.15) is 5.82 Å². The van der Waals surface area contributed by atoms with Crippen molar-refractivity contribution in [3.63, 3.8) is 0 Å². The van der Waals surface area contributed by atoms with Crippen LogP contribution in [0, 0.1) is 0 Å². The van der Waals surface area contributed by atoms with E-state index in [9.17, 15) is 4.79 Å². The van der Waals surface area contributed by atoms with Crippen molar-refractivity contribution < 1.29 is 0 Å². The number of fused-ring (bicyclic) bond motifs is 2. The van der Waals surface area contributed by atoms with E-state index in [0.29, 0.717) is 22.5 Å². The van der Waals surface area contributed by atoms with Crippen molar-refractivity contribution in [3.05, 3.63) is 70.8 Å². The first-order valence-corrected chi connectivity index (χ1v) is 7.34. The fourth-order valence-corrected chi connectivity index (χ4v) is 2.72. The second kappa shape index (κ2) is 4.96. The van der Waals surface area contributed by atoms with Crippen LogP contribution >= 0.6 is 11.6 Å². The number of para-hydroxylation sites is 2. The van der Waals surface area contributed by atoms with Crippen molar-refractivity contribution in [2.45, 2.75) is 5.88 Å². The molecule has 0 bridgehead atoms. The quantitative estimate of drug-likeness (QED) is 0.535. The fraction of sp³-hybridized carbons (Fsp3) is 0.0625. The van der Waals surface area contributed by atoms with Crippen LogP contribution in [0.2, 0.25) is 0 Å². The Bertz CT molecular complexity index is 1040. The summed E-state index contributed by atoms with van der Waals surface area (Å²) in [4.78, 5) is 17.2. The van der Waals surface area contributed by atoms with Crippen molar-refractivity contribution >= 4 is 28.3 Å². The molecule has 2 aromatic carbocycles. The molecule has 0 amide bonds. The highest BCUT2D eigenvalue weighted by Crippen LogP contribution is 2.17. The van der Waals surface area contributed by atoms with Gasteiger partial charge in [-0.05, 0) is 24.3 Å². The molecule has 0 aliphatic heterocycles. The Balaban J connectivity index is 2.18. The summed E-state index contributed by atoms with van der Waals surface area (Å²) in [5.41, 5.74) is 1.32. The topological polar surface area (TPSA) is 52.2 Å². The summed E-state index contributed by atoms with van der Waals surface area (Å²) in [6.45, 7) is 0. The first-order chi connectivity index (χ1) is 10.8. The van der Waals surface area contributed by atoms with Crippen LogP contribution in [0.3, 0.4) is 0 Å². The number of rotatable bonds is 2. The lowest BCUT2D eigenvalue weighted by Gasteiger charge is -2.05. The van der Waals surface area contributed by atoms with Gasteiger partial charge in [-0.25, -0.2) is 4.98 Å². The Hall–Kier alpha value is -2.66. The van der Waals surface area contributed by atoms with Gasteiger partial charge in [-0.15, -0.1) is 16.7 Å². The van der Waals surface area contributed by atoms with Crippen LogP contribution < -0.4 is 5.56 Å². The molecule has 4 rings (SSSR count). The molecular formula is C16H11ClN4O. The highest BCUT2D eigenvalue weighted by Gasteiger charge is 2.16. The molecule has 0 fully saturated rings. The van der Waals surface area contributed by atoms with Crippen molar-refractivity contribution in [1.29, 1.82) is 0 Å². The second-order valence-electron chi connectivity index (χ2n) is 4.87. The van der Waals surface area contributed by atoms with E-state index in [1.54, 1.807) is 10.6 Å². The van der Waals surface area contributed by atoms with Crippen LogP contribution in [0.5, 0.6) is 0 Å². The highest BCUT2D eigenvalue weighted by molar-refractivity contribution is 6.16. The summed E-state index contributed by atoms with van der Waals surface area (Å²) >= 11 is 6.01. The van der Waals surface area contributed by atoms with Crippen molar-refractivity contribution in [2.24, 2.45) is 0 Å². The average Bonchev–Trinajstić information content (AvgIpc) is 2.95. The van der Waals surface area contributed by atoms with Crippen molar-refractivity contribution in [3.8, 4) is 5.69 Å². The lowest BCUT2D eigenvalue weighted by Crippen LogP contribution is -2.16. The number of benzene rings is 2. The van der Waals surface area contributed by atoms with Gasteiger partial charge in [0.15, 0.2) is 5.82 Å². The molecule has 2 heterocycles. The Morgan fingerprint density at radius 3 is 2.50 bits per heavy atom. The van der Waals surface area contributed by atoms with E-state index in [4.69, 9.17) is 11.6 Å². The molecule has 0 spiro atoms. The molecule has 22 heavy (non-hydrogen) atoms. The molecule has 6 heteroatoms. The molecular weight excluding hydrogens is 300 g/mol. The lowest BCUT2D eigenvalue weighted by atomic mass is 10.2. The van der Waals surface area contributed by atoms with Gasteiger partial charge in [-0.2, -0.15) is 4.52 Å². The summed E-state index contributed by atoms with van der Waals surface area (Å²) in [6, 6.07) is 16.9. The zero-order chi connectivity index (χ0) is 15.1. The highest BCUT2D eigenvalue weighted by atomic mass is 35.5. The smallest absolute Gasteiger partial charge is 0.267 e. The summed E-state index contributed by atoms with van der Waals surface area (Å²) in [7, 11) is 0. The van der Waals surface area contributed by atoms with Crippen LogP contribution in [0.4, 0.5) is 0 Å². The number of alkyl halides is 1. The first kappa shape index (κ1) is 13.0. The van der Waals surface area contributed by atoms with Gasteiger partial charge in [0.1, 0.15) is 0 Å². The molecule has 108 valence electrons. The monoisotopic (exact) mass is 310 g/mol. The third-order valence-corrected chi connectivity index (χ3v) is 3.78. The Kier molecular flexibility index (Phi) is 2.94. The fourth-order valence-electron chi connectivity index (χ4n) is 2.55. The molecule has 0 aliphatic carbocycles. The van der Waals surface area contributed by atoms with Gasteiger partial charge in [-0.3, -0.25) is 9.36 Å². The molecule has 0 unspecified atom stereocenters. The molecule has 0 atom stereocenters. The maximum atomic E-state index is 12.6. The number of aromatic nitrogens is 4. The molecule has 0 N–H and O–H groups in total. The number of hydrogen-bond donors (Lipinski definition) is 0. The maximum absolute atomic E-state index is 12.6. The van der Waals surface area contributed by atoms with Gasteiger partial charge in [-0.1, -0.05) is 30.3 Å². The van der Waals surface area contributed by atoms with E-state index in [0.717, 1.165) is 5.69 Å². The normalized spacial score (nSPS) is 11.3. The molecule has 2 aromatic heterocycles. The Morgan fingerprint density at radius 2 is 1.73 bits per heavy atom. The molecule has 0 saturated heterocycles. The number of hydrogen-bond acceptors (Lipinski definition) is 3. The molecule has 0 saturated carbocycles. The van der Waals surface area contributed by atoms with Gasteiger partial charge in [0.25, 0.3) is 5.56 Å². The van der Waals surface area contributed by atoms with Gasteiger partial charge in [0.2, 0.25) is 5.78 Å². The lowest BCUT2D eigenvalue weighted by molar-refractivity contribution is 0.884. The van der Waals surface area contributed by atoms with E-state index in [2.05, 4.69) is 10.1 Å². The minimum Gasteiger partial charge on any atom is -0.267 e. The summed E-state index contributed by atoms with van der Waals surface area (Å²) in [5.74, 6) is 1.23. The summed E-state index contributed by atoms with van der Waals surface area (Å²) < 4.78 is 3.12. The van der Waals surface area contributed by atoms with Crippen molar-refractivity contribution in [2.75, 3.05) is 0 Å². The zero-order valence-electron chi connectivity index (χ0n) is 11.5. The van der Waals surface area contributed by atoms with Gasteiger partial charge in [0.05, 0.1) is 22.5 Å². The van der Waals surface area contributed by atoms with Crippen molar-refractivity contribution in [1.82, 2.24) is 19.2 Å². The summed E-state index contributed by atoms with van der Waals surface area (Å²) in [6.07, 6.45) is 0. The Morgan fingerprint density at radius 1 is 1.00 bits per heavy atom. The van der Waals surface area contributed by atoms with E-state index in [1.807, 2.05) is 48.5 Å². The summed E-state index contributed by atoms with van der Waals surface area (Å²) in [5, 5.41) is 4.87. The molecule has 0 aliphatic rings. The molecule has 0 radical (unpaired) electrons. The van der Waals surface area contributed by atoms with E-state index in [1.165, 1.54) is 4.52 Å². The minimum absolute atomic E-state index is 0.189. The van der Waals surface area contributed by atoms with Gasteiger partial charge < -0.3 is 0 Å². The predicted octanol–water partition coefficient (Wildman–Crippen LogP) is 2.77. The van der Waals surface area contributed by atoms with Gasteiger partial charge >= 0.3 is 0 Å². The standard InChI is InChI=1S/C16H11ClN4O/c17-10-14-19-21-15(22)12-8-4-5-9-13(12)18-16(21)20(14)11-6-2-1-3-7-11/h1-9H,10H2. The van der Waals surface area contributed by atoms with E-state index >= 15 is 0 Å². The minimum atomic E-state index is -0.193. The number of nitrogens with zero attached hydrogens (tertiary/aromatic N) is 4. The third kappa shape index (κ3) is 1.83. The van der Waals surface area contributed by atoms with Crippen LogP contribution in [-0.4, -0.2) is 19.2 Å². The number of halogens is 1. The van der Waals surface area contributed by atoms with Crippen LogP contribution in [0.15, 0.2) is 59.4 Å². The third-order valence-electron chi connectivity index (χ3n) is 3.54. The Labute approximate surface area is 130 Å². The van der Waals surface area contributed by atoms with E-state index < -0.39 is 0 Å². The maximum Gasteiger partial charge on any atom is 0.283 e. The largest absolute Gasteiger partial charge is 0.283 e. The van der Waals surface area contributed by atoms with E-state index in [-0.39, 0.29) is 11.4 Å². The van der Waals surface area contributed by atoms with Gasteiger partial charge in [0, 0.05) is 0 Å². The first-order valence-electron chi connectivity index (χ1n) is 6.80. The predicted molar refractivity (Wildman–Crippen MR) is 85.6 cm³/mol.